The second kappa shape index (κ2) is 5.82. The van der Waals surface area contributed by atoms with E-state index in [0.717, 1.165) is 21.1 Å². The Labute approximate surface area is 128 Å². The van der Waals surface area contributed by atoms with Gasteiger partial charge in [-0.05, 0) is 0 Å². The molecule has 0 fully saturated rings. The number of benzene rings is 2. The zero-order valence-electron chi connectivity index (χ0n) is 12.2. The van der Waals surface area contributed by atoms with Crippen LogP contribution in [0.25, 0.3) is 10.9 Å². The van der Waals surface area contributed by atoms with Gasteiger partial charge < -0.3 is 0 Å². The van der Waals surface area contributed by atoms with Crippen molar-refractivity contribution in [1.29, 1.82) is 0 Å². The maximum absolute atomic E-state index is 5.22. The van der Waals surface area contributed by atoms with Gasteiger partial charge in [0.05, 0.1) is 0 Å². The quantitative estimate of drug-likeness (QED) is 0.679. The van der Waals surface area contributed by atoms with Gasteiger partial charge in [0.15, 0.2) is 0 Å². The summed E-state index contributed by atoms with van der Waals surface area (Å²) < 4.78 is 7.64. The third-order valence-electron chi connectivity index (χ3n) is 3.46. The minimum atomic E-state index is -1.47. The van der Waals surface area contributed by atoms with E-state index in [0.29, 0.717) is 0 Å². The molecule has 0 aliphatic rings. The fraction of sp³-hybridized carbons (Fsp3) is 0.188. The van der Waals surface area contributed by atoms with E-state index in [1.165, 1.54) is 9.91 Å². The fourth-order valence-electron chi connectivity index (χ4n) is 2.26. The molecule has 1 heterocycles. The van der Waals surface area contributed by atoms with E-state index >= 15 is 0 Å². The number of methoxy groups -OCH3 is 1. The third kappa shape index (κ3) is 2.77. The summed E-state index contributed by atoms with van der Waals surface area (Å²) in [5.74, 6) is 0.877. The van der Waals surface area contributed by atoms with Crippen LogP contribution in [0.15, 0.2) is 42.5 Å². The van der Waals surface area contributed by atoms with Crippen LogP contribution in [-0.2, 0) is 0 Å². The first-order chi connectivity index (χ1) is 10.2. The van der Waals surface area contributed by atoms with E-state index in [-0.39, 0.29) is 0 Å². The molecule has 2 aromatic carbocycles. The topological polar surface area (TPSA) is 47.9 Å². The van der Waals surface area contributed by atoms with Crippen molar-refractivity contribution in [3.8, 4) is 5.75 Å². The molecular formula is C16H16AsN3O. The molecular weight excluding hydrogens is 325 g/mol. The molecule has 0 N–H and O–H groups in total. The average Bonchev–Trinajstić information content (AvgIpc) is 2.53. The summed E-state index contributed by atoms with van der Waals surface area (Å²) in [4.78, 5) is 0. The molecule has 0 bridgehead atoms. The van der Waals surface area contributed by atoms with Gasteiger partial charge in [0.2, 0.25) is 0 Å². The van der Waals surface area contributed by atoms with Crippen molar-refractivity contribution >= 4 is 34.4 Å². The second-order valence-corrected chi connectivity index (χ2v) is 9.21. The molecule has 3 aromatic rings. The van der Waals surface area contributed by atoms with Crippen LogP contribution in [0.2, 0.25) is 5.71 Å². The van der Waals surface area contributed by atoms with Crippen molar-refractivity contribution < 1.29 is 4.74 Å². The normalized spacial score (nSPS) is 12.3. The molecule has 0 spiro atoms. The van der Waals surface area contributed by atoms with E-state index in [2.05, 4.69) is 52.3 Å². The van der Waals surface area contributed by atoms with Gasteiger partial charge in [-0.15, -0.1) is 0 Å². The number of aromatic nitrogens is 3. The summed E-state index contributed by atoms with van der Waals surface area (Å²) in [5.41, 5.74) is 4.41. The summed E-state index contributed by atoms with van der Waals surface area (Å²) in [6, 6.07) is 14.5. The Hall–Kier alpha value is -1.93. The number of rotatable bonds is 3. The van der Waals surface area contributed by atoms with Gasteiger partial charge >= 0.3 is 128 Å². The molecule has 1 aromatic heterocycles. The van der Waals surface area contributed by atoms with Crippen molar-refractivity contribution in [2.45, 2.75) is 12.6 Å². The molecule has 0 radical (unpaired) electrons. The van der Waals surface area contributed by atoms with Gasteiger partial charge in [-0.25, -0.2) is 0 Å². The molecule has 0 saturated heterocycles. The molecule has 4 nitrogen and oxygen atoms in total. The van der Waals surface area contributed by atoms with Gasteiger partial charge in [0.25, 0.3) is 0 Å². The molecule has 0 saturated carbocycles. The Morgan fingerprint density at radius 1 is 1.00 bits per heavy atom. The predicted molar refractivity (Wildman–Crippen MR) is 86.0 cm³/mol. The van der Waals surface area contributed by atoms with Crippen LogP contribution < -0.4 is 13.6 Å². The van der Waals surface area contributed by atoms with Gasteiger partial charge in [-0.1, -0.05) is 0 Å². The first-order valence-corrected chi connectivity index (χ1v) is 10.4. The SMILES string of the molecule is COc1ccc([As](C)c2nnnc3ccc(C)cc23)cc1. The van der Waals surface area contributed by atoms with Crippen molar-refractivity contribution in [2.75, 3.05) is 7.11 Å². The Bertz CT molecular complexity index is 774. The minimum absolute atomic E-state index is 0.877. The molecule has 0 aliphatic heterocycles. The Kier molecular flexibility index (Phi) is 3.89. The Morgan fingerprint density at radius 3 is 2.48 bits per heavy atom. The molecule has 1 unspecified atom stereocenters. The third-order valence-corrected chi connectivity index (χ3v) is 7.74. The molecule has 106 valence electrons. The predicted octanol–water partition coefficient (Wildman–Crippen LogP) is 1.58. The van der Waals surface area contributed by atoms with E-state index in [1.54, 1.807) is 7.11 Å². The number of hydrogen-bond donors (Lipinski definition) is 0. The number of hydrogen-bond acceptors (Lipinski definition) is 4. The summed E-state index contributed by atoms with van der Waals surface area (Å²) in [7, 11) is 1.68. The summed E-state index contributed by atoms with van der Waals surface area (Å²) in [6.07, 6.45) is 0. The van der Waals surface area contributed by atoms with E-state index < -0.39 is 14.7 Å². The van der Waals surface area contributed by atoms with Gasteiger partial charge in [0.1, 0.15) is 0 Å². The maximum atomic E-state index is 5.22. The molecule has 1 atom stereocenters. The Balaban J connectivity index is 2.08. The zero-order chi connectivity index (χ0) is 14.8. The first-order valence-electron chi connectivity index (χ1n) is 6.66. The fourth-order valence-corrected chi connectivity index (χ4v) is 5.52. The van der Waals surface area contributed by atoms with Gasteiger partial charge in [-0.3, -0.25) is 0 Å². The van der Waals surface area contributed by atoms with E-state index in [4.69, 9.17) is 4.74 Å². The van der Waals surface area contributed by atoms with Crippen molar-refractivity contribution in [3.63, 3.8) is 0 Å². The number of nitrogens with zero attached hydrogens (tertiary/aromatic N) is 3. The van der Waals surface area contributed by atoms with Crippen LogP contribution in [0.3, 0.4) is 0 Å². The van der Waals surface area contributed by atoms with Crippen LogP contribution in [0, 0.1) is 6.92 Å². The molecule has 21 heavy (non-hydrogen) atoms. The Morgan fingerprint density at radius 2 is 1.76 bits per heavy atom. The standard InChI is InChI=1S/C16H16AsN3O/c1-11-4-9-15-14(10-11)16(19-20-18-15)17(2)12-5-7-13(21-3)8-6-12/h4-10H,1-3H3. The van der Waals surface area contributed by atoms with E-state index in [9.17, 15) is 0 Å². The second-order valence-electron chi connectivity index (χ2n) is 4.89. The summed E-state index contributed by atoms with van der Waals surface area (Å²) >= 11 is -1.47. The molecule has 0 aliphatic carbocycles. The first kappa shape index (κ1) is 14.0. The van der Waals surface area contributed by atoms with Crippen LogP contribution in [0.4, 0.5) is 0 Å². The van der Waals surface area contributed by atoms with Crippen molar-refractivity contribution in [1.82, 2.24) is 15.4 Å². The van der Waals surface area contributed by atoms with Crippen LogP contribution >= 0.6 is 0 Å². The average molecular weight is 341 g/mol. The number of fused-ring (bicyclic) bond motifs is 1. The number of ether oxygens (including phenoxy) is 1. The summed E-state index contributed by atoms with van der Waals surface area (Å²) in [6.45, 7) is 2.09. The molecule has 0 amide bonds. The van der Waals surface area contributed by atoms with Crippen LogP contribution in [-0.4, -0.2) is 37.2 Å². The monoisotopic (exact) mass is 341 g/mol. The summed E-state index contributed by atoms with van der Waals surface area (Å²) in [5, 5.41) is 13.5. The molecule has 5 heteroatoms. The van der Waals surface area contributed by atoms with Crippen LogP contribution in [0.1, 0.15) is 5.56 Å². The van der Waals surface area contributed by atoms with Crippen molar-refractivity contribution in [2.24, 2.45) is 0 Å². The van der Waals surface area contributed by atoms with Gasteiger partial charge in [0, 0.05) is 0 Å². The van der Waals surface area contributed by atoms with E-state index in [1.807, 2.05) is 18.2 Å². The zero-order valence-corrected chi connectivity index (χ0v) is 14.1. The molecule has 3 rings (SSSR count). The van der Waals surface area contributed by atoms with Gasteiger partial charge in [-0.2, -0.15) is 0 Å². The van der Waals surface area contributed by atoms with Crippen molar-refractivity contribution in [3.05, 3.63) is 48.0 Å². The number of aryl methyl sites for hydroxylation is 1. The van der Waals surface area contributed by atoms with Crippen LogP contribution in [0.5, 0.6) is 5.75 Å².